The minimum atomic E-state index is 0.747. The van der Waals surface area contributed by atoms with Crippen LogP contribution in [0.5, 0.6) is 0 Å². The van der Waals surface area contributed by atoms with Crippen LogP contribution in [0.25, 0.3) is 5.69 Å². The zero-order valence-electron chi connectivity index (χ0n) is 8.49. The maximum absolute atomic E-state index is 8.83. The highest BCUT2D eigenvalue weighted by atomic mass is 15.0. The van der Waals surface area contributed by atoms with Gasteiger partial charge in [0.15, 0.2) is 0 Å². The van der Waals surface area contributed by atoms with E-state index < -0.39 is 0 Å². The summed E-state index contributed by atoms with van der Waals surface area (Å²) in [4.78, 5) is 0. The van der Waals surface area contributed by atoms with Crippen molar-refractivity contribution in [2.45, 2.75) is 13.3 Å². The first-order valence-electron chi connectivity index (χ1n) is 5.00. The van der Waals surface area contributed by atoms with Crippen molar-refractivity contribution in [3.63, 3.8) is 0 Å². The molecule has 15 heavy (non-hydrogen) atoms. The lowest BCUT2D eigenvalue weighted by molar-refractivity contribution is 0.996. The van der Waals surface area contributed by atoms with Crippen LogP contribution in [0.2, 0.25) is 0 Å². The Morgan fingerprint density at radius 2 is 2.13 bits per heavy atom. The monoisotopic (exact) mass is 194 g/mol. The van der Waals surface area contributed by atoms with Gasteiger partial charge in [-0.25, -0.2) is 0 Å². The van der Waals surface area contributed by atoms with Gasteiger partial charge in [-0.2, -0.15) is 5.26 Å². The summed E-state index contributed by atoms with van der Waals surface area (Å²) in [5, 5.41) is 8.83. The van der Waals surface area contributed by atoms with Gasteiger partial charge >= 0.3 is 0 Å². The van der Waals surface area contributed by atoms with Gasteiger partial charge < -0.3 is 4.57 Å². The summed E-state index contributed by atoms with van der Waals surface area (Å²) in [5.41, 5.74) is 5.81. The molecule has 0 spiro atoms. The predicted octanol–water partition coefficient (Wildman–Crippen LogP) is 2.56. The third-order valence-electron chi connectivity index (χ3n) is 2.98. The van der Waals surface area contributed by atoms with Crippen LogP contribution in [0.3, 0.4) is 0 Å². The van der Waals surface area contributed by atoms with Gasteiger partial charge in [0, 0.05) is 23.5 Å². The summed E-state index contributed by atoms with van der Waals surface area (Å²) in [6.45, 7) is 2.11. The number of hydrogen-bond donors (Lipinski definition) is 0. The van der Waals surface area contributed by atoms with Gasteiger partial charge in [-0.3, -0.25) is 0 Å². The van der Waals surface area contributed by atoms with Crippen LogP contribution in [0.1, 0.15) is 22.5 Å². The highest BCUT2D eigenvalue weighted by molar-refractivity contribution is 5.55. The van der Waals surface area contributed by atoms with E-state index in [0.29, 0.717) is 0 Å². The number of aryl methyl sites for hydroxylation is 1. The van der Waals surface area contributed by atoms with Gasteiger partial charge in [0.1, 0.15) is 0 Å². The van der Waals surface area contributed by atoms with Crippen LogP contribution >= 0.6 is 0 Å². The van der Waals surface area contributed by atoms with E-state index in [2.05, 4.69) is 29.7 Å². The highest BCUT2D eigenvalue weighted by Gasteiger charge is 2.19. The molecule has 2 aromatic rings. The van der Waals surface area contributed by atoms with Crippen molar-refractivity contribution in [1.82, 2.24) is 4.57 Å². The Morgan fingerprint density at radius 1 is 1.27 bits per heavy atom. The van der Waals surface area contributed by atoms with Gasteiger partial charge in [-0.05, 0) is 42.8 Å². The Labute approximate surface area is 88.4 Å². The summed E-state index contributed by atoms with van der Waals surface area (Å²) in [6.07, 6.45) is 0.943. The van der Waals surface area contributed by atoms with E-state index in [0.717, 1.165) is 12.0 Å². The Morgan fingerprint density at radius 3 is 2.93 bits per heavy atom. The maximum Gasteiger partial charge on any atom is 0.0991 e. The van der Waals surface area contributed by atoms with Crippen molar-refractivity contribution in [3.05, 3.63) is 52.8 Å². The van der Waals surface area contributed by atoms with Crippen molar-refractivity contribution < 1.29 is 0 Å². The third kappa shape index (κ3) is 1.04. The molecule has 2 heteroatoms. The molecular formula is C13H10N2. The lowest BCUT2D eigenvalue weighted by Gasteiger charge is -2.04. The zero-order chi connectivity index (χ0) is 10.4. The van der Waals surface area contributed by atoms with Crippen molar-refractivity contribution >= 4 is 0 Å². The quantitative estimate of drug-likeness (QED) is 0.540. The van der Waals surface area contributed by atoms with Crippen molar-refractivity contribution in [2.24, 2.45) is 0 Å². The van der Waals surface area contributed by atoms with Crippen LogP contribution in [-0.4, -0.2) is 4.57 Å². The summed E-state index contributed by atoms with van der Waals surface area (Å²) in [5.74, 6) is 0. The summed E-state index contributed by atoms with van der Waals surface area (Å²) in [6, 6.07) is 12.4. The minimum Gasteiger partial charge on any atom is -0.318 e. The Hall–Kier alpha value is -2.01. The molecule has 0 saturated carbocycles. The van der Waals surface area contributed by atoms with Crippen molar-refractivity contribution in [3.8, 4) is 11.8 Å². The molecule has 0 unspecified atom stereocenters. The molecule has 0 N–H and O–H groups in total. The number of fused-ring (bicyclic) bond motifs is 3. The average Bonchev–Trinajstić information content (AvgIpc) is 2.77. The van der Waals surface area contributed by atoms with Crippen LogP contribution < -0.4 is 0 Å². The smallest absolute Gasteiger partial charge is 0.0991 e. The zero-order valence-corrected chi connectivity index (χ0v) is 8.49. The number of hydrogen-bond acceptors (Lipinski definition) is 1. The standard InChI is InChI=1S/C13H10N2/c1-9-2-4-12-7-11-6-10(8-14)3-5-13(11)15(9)12/h2-6H,7H2,1H3. The molecule has 1 aromatic heterocycles. The number of nitrogens with zero attached hydrogens (tertiary/aromatic N) is 2. The first-order chi connectivity index (χ1) is 7.29. The molecule has 3 rings (SSSR count). The summed E-state index contributed by atoms with van der Waals surface area (Å²) < 4.78 is 2.26. The van der Waals surface area contributed by atoms with Crippen molar-refractivity contribution in [2.75, 3.05) is 0 Å². The van der Waals surface area contributed by atoms with Crippen LogP contribution in [0, 0.1) is 18.3 Å². The second-order valence-electron chi connectivity index (χ2n) is 3.93. The summed E-state index contributed by atoms with van der Waals surface area (Å²) in [7, 11) is 0. The lowest BCUT2D eigenvalue weighted by atomic mass is 10.1. The average molecular weight is 194 g/mol. The largest absolute Gasteiger partial charge is 0.318 e. The van der Waals surface area contributed by atoms with Crippen LogP contribution in [0.4, 0.5) is 0 Å². The molecule has 0 fully saturated rings. The number of nitriles is 1. The molecule has 0 radical (unpaired) electrons. The Balaban J connectivity index is 2.26. The fourth-order valence-electron chi connectivity index (χ4n) is 2.28. The number of aromatic nitrogens is 1. The minimum absolute atomic E-state index is 0.747. The highest BCUT2D eigenvalue weighted by Crippen LogP contribution is 2.30. The molecule has 72 valence electrons. The molecule has 2 heterocycles. The van der Waals surface area contributed by atoms with Gasteiger partial charge in [-0.1, -0.05) is 0 Å². The van der Waals surface area contributed by atoms with E-state index in [9.17, 15) is 0 Å². The van der Waals surface area contributed by atoms with Crippen molar-refractivity contribution in [1.29, 1.82) is 5.26 Å². The molecule has 0 saturated heterocycles. The molecule has 0 bridgehead atoms. The first-order valence-corrected chi connectivity index (χ1v) is 5.00. The van der Waals surface area contributed by atoms with E-state index in [1.54, 1.807) is 0 Å². The van der Waals surface area contributed by atoms with E-state index in [-0.39, 0.29) is 0 Å². The van der Waals surface area contributed by atoms with E-state index in [1.807, 2.05) is 18.2 Å². The second-order valence-corrected chi connectivity index (χ2v) is 3.93. The Kier molecular flexibility index (Phi) is 1.52. The first kappa shape index (κ1) is 8.31. The normalized spacial score (nSPS) is 12.0. The molecule has 1 aromatic carbocycles. The molecular weight excluding hydrogens is 184 g/mol. The fourth-order valence-corrected chi connectivity index (χ4v) is 2.28. The Bertz CT molecular complexity index is 585. The fraction of sp³-hybridized carbons (Fsp3) is 0.154. The third-order valence-corrected chi connectivity index (χ3v) is 2.98. The topological polar surface area (TPSA) is 28.7 Å². The van der Waals surface area contributed by atoms with Crippen LogP contribution in [-0.2, 0) is 6.42 Å². The second kappa shape index (κ2) is 2.74. The molecule has 0 atom stereocenters. The van der Waals surface area contributed by atoms with Gasteiger partial charge in [0.25, 0.3) is 0 Å². The van der Waals surface area contributed by atoms with Gasteiger partial charge in [0.05, 0.1) is 11.6 Å². The van der Waals surface area contributed by atoms with Gasteiger partial charge in [-0.15, -0.1) is 0 Å². The molecule has 0 amide bonds. The molecule has 1 aliphatic rings. The SMILES string of the molecule is Cc1ccc2n1-c1ccc(C#N)cc1C2. The lowest BCUT2D eigenvalue weighted by Crippen LogP contribution is -1.93. The molecule has 2 nitrogen and oxygen atoms in total. The van der Waals surface area contributed by atoms with Gasteiger partial charge in [0.2, 0.25) is 0 Å². The molecule has 1 aliphatic heterocycles. The number of benzene rings is 1. The van der Waals surface area contributed by atoms with E-state index in [1.165, 1.54) is 22.6 Å². The predicted molar refractivity (Wildman–Crippen MR) is 58.0 cm³/mol. The van der Waals surface area contributed by atoms with E-state index >= 15 is 0 Å². The molecule has 0 aliphatic carbocycles. The summed E-state index contributed by atoms with van der Waals surface area (Å²) >= 11 is 0. The van der Waals surface area contributed by atoms with E-state index in [4.69, 9.17) is 5.26 Å². The van der Waals surface area contributed by atoms with Crippen LogP contribution in [0.15, 0.2) is 30.3 Å². The maximum atomic E-state index is 8.83. The number of rotatable bonds is 0.